The van der Waals surface area contributed by atoms with Gasteiger partial charge < -0.3 is 20.4 Å². The lowest BCUT2D eigenvalue weighted by molar-refractivity contribution is 0.457. The molecule has 4 aromatic rings. The van der Waals surface area contributed by atoms with Crippen LogP contribution in [0.5, 0.6) is 23.0 Å². The van der Waals surface area contributed by atoms with E-state index in [9.17, 15) is 20.4 Å². The van der Waals surface area contributed by atoms with Gasteiger partial charge in [-0.25, -0.2) is 0 Å². The number of hydrogen-bond donors (Lipinski definition) is 4. The minimum absolute atomic E-state index is 0.256. The van der Waals surface area contributed by atoms with E-state index in [0.717, 1.165) is 50.8 Å². The van der Waals surface area contributed by atoms with Crippen molar-refractivity contribution in [3.8, 4) is 23.0 Å². The summed E-state index contributed by atoms with van der Waals surface area (Å²) in [6.07, 6.45) is 1.20. The highest BCUT2D eigenvalue weighted by molar-refractivity contribution is 14.1. The van der Waals surface area contributed by atoms with Gasteiger partial charge in [0.1, 0.15) is 23.0 Å². The van der Waals surface area contributed by atoms with Crippen LogP contribution in [0.25, 0.3) is 0 Å². The molecule has 0 saturated heterocycles. The van der Waals surface area contributed by atoms with Crippen LogP contribution in [0.1, 0.15) is 22.3 Å². The lowest BCUT2D eigenvalue weighted by Crippen LogP contribution is -2.34. The van der Waals surface area contributed by atoms with E-state index in [1.807, 2.05) is 48.5 Å². The molecule has 12 heteroatoms. The van der Waals surface area contributed by atoms with Gasteiger partial charge >= 0.3 is 0 Å². The highest BCUT2D eigenvalue weighted by atomic mass is 127. The van der Waals surface area contributed by atoms with Crippen LogP contribution in [0.2, 0.25) is 0 Å². The highest BCUT2D eigenvalue weighted by Crippen LogP contribution is 2.46. The Morgan fingerprint density at radius 2 is 0.590 bits per heavy atom. The maximum absolute atomic E-state index is 10.7. The molecule has 0 heterocycles. The van der Waals surface area contributed by atoms with Crippen LogP contribution in [-0.4, -0.2) is 20.4 Å². The van der Waals surface area contributed by atoms with Crippen LogP contribution in [0.3, 0.4) is 0 Å². The number of rotatable bonds is 6. The van der Waals surface area contributed by atoms with Crippen molar-refractivity contribution in [2.75, 3.05) is 0 Å². The maximum atomic E-state index is 10.7. The van der Waals surface area contributed by atoms with E-state index >= 15 is 0 Å². The quantitative estimate of drug-likeness (QED) is 0.145. The summed E-state index contributed by atoms with van der Waals surface area (Å²) in [7, 11) is 0. The Hall–Kier alpha value is 1.92. The van der Waals surface area contributed by atoms with Crippen molar-refractivity contribution in [1.82, 2.24) is 0 Å². The van der Waals surface area contributed by atoms with Crippen molar-refractivity contribution >= 4 is 181 Å². The van der Waals surface area contributed by atoms with Crippen molar-refractivity contribution in [3.63, 3.8) is 0 Å². The van der Waals surface area contributed by atoms with E-state index in [1.54, 1.807) is 0 Å². The number of aromatic hydroxyl groups is 4. The smallest absolute Gasteiger partial charge is 0.142 e. The fraction of sp³-hybridized carbons (Fsp3) is 0.111. The second-order valence-electron chi connectivity index (χ2n) is 8.83. The average molecular weight is 1420 g/mol. The molecule has 0 aliphatic rings. The van der Waals surface area contributed by atoms with Gasteiger partial charge in [-0.15, -0.1) is 0 Å². The Morgan fingerprint density at radius 3 is 0.821 bits per heavy atom. The van der Waals surface area contributed by atoms with Gasteiger partial charge in [0.05, 0.1) is 28.6 Å². The van der Waals surface area contributed by atoms with Crippen molar-refractivity contribution in [3.05, 3.63) is 99.3 Å². The fourth-order valence-corrected chi connectivity index (χ4v) is 11.8. The van der Waals surface area contributed by atoms with Crippen molar-refractivity contribution < 1.29 is 20.4 Å². The first-order valence-electron chi connectivity index (χ1n) is 10.9. The summed E-state index contributed by atoms with van der Waals surface area (Å²) in [4.78, 5) is 0. The molecule has 0 radical (unpaired) electrons. The normalized spacial score (nSPS) is 11.7. The molecule has 0 bridgehead atoms. The summed E-state index contributed by atoms with van der Waals surface area (Å²) in [6, 6.07) is 16.2. The molecule has 0 fully saturated rings. The van der Waals surface area contributed by atoms with E-state index in [1.165, 1.54) is 0 Å². The minimum atomic E-state index is -0.618. The summed E-state index contributed by atoms with van der Waals surface area (Å²) < 4.78 is 6.14. The molecule has 4 aromatic carbocycles. The van der Waals surface area contributed by atoms with Gasteiger partial charge in [-0.3, -0.25) is 0 Å². The van der Waals surface area contributed by atoms with E-state index in [0.29, 0.717) is 12.8 Å². The Bertz CT molecular complexity index is 1390. The Balaban J connectivity index is 2.10. The lowest BCUT2D eigenvalue weighted by Gasteiger charge is -2.37. The van der Waals surface area contributed by atoms with E-state index < -0.39 is 5.41 Å². The molecule has 0 saturated carbocycles. The standard InChI is InChI=1S/C27H16I8O4/c28-15-1-11(2-16(29)23(15)36)9-27(13-5-19(32)25(38)20(33)6-13,14-7-21(34)26(39)22(35)8-14)10-12-3-17(30)24(37)18(31)4-12/h1-8,36-39H,9-10H2. The van der Waals surface area contributed by atoms with Gasteiger partial charge in [0.2, 0.25) is 0 Å². The predicted octanol–water partition coefficient (Wildman–Crippen LogP) is 10.1. The van der Waals surface area contributed by atoms with Gasteiger partial charge in [0.25, 0.3) is 0 Å². The monoisotopic (exact) mass is 1420 g/mol. The number of phenolic OH excluding ortho intramolecular Hbond substituents is 4. The Labute approximate surface area is 335 Å². The number of benzene rings is 4. The topological polar surface area (TPSA) is 80.9 Å². The van der Waals surface area contributed by atoms with E-state index in [-0.39, 0.29) is 23.0 Å². The van der Waals surface area contributed by atoms with Crippen molar-refractivity contribution in [2.45, 2.75) is 18.3 Å². The number of hydrogen-bond acceptors (Lipinski definition) is 4. The summed E-state index contributed by atoms with van der Waals surface area (Å²) >= 11 is 17.4. The molecule has 4 nitrogen and oxygen atoms in total. The molecule has 0 aliphatic heterocycles. The fourth-order valence-electron chi connectivity index (χ4n) is 4.46. The molecule has 0 aromatic heterocycles. The third kappa shape index (κ3) is 7.43. The first-order valence-corrected chi connectivity index (χ1v) is 19.6. The van der Waals surface area contributed by atoms with E-state index in [4.69, 9.17) is 0 Å². The van der Waals surface area contributed by atoms with E-state index in [2.05, 4.69) is 181 Å². The molecular formula is C27H16I8O4. The van der Waals surface area contributed by atoms with Gasteiger partial charge in [-0.1, -0.05) is 0 Å². The van der Waals surface area contributed by atoms with Gasteiger partial charge in [-0.05, 0) is 264 Å². The van der Waals surface area contributed by atoms with Crippen molar-refractivity contribution in [2.24, 2.45) is 0 Å². The largest absolute Gasteiger partial charge is 0.506 e. The molecule has 0 aliphatic carbocycles. The van der Waals surface area contributed by atoms with Crippen LogP contribution < -0.4 is 0 Å². The number of phenols is 4. The van der Waals surface area contributed by atoms with Crippen molar-refractivity contribution in [1.29, 1.82) is 0 Å². The molecule has 0 spiro atoms. The number of halogens is 8. The highest BCUT2D eigenvalue weighted by Gasteiger charge is 2.37. The third-order valence-electron chi connectivity index (χ3n) is 6.30. The summed E-state index contributed by atoms with van der Waals surface area (Å²) in [6.45, 7) is 0. The van der Waals surface area contributed by atoms with Gasteiger partial charge in [-0.2, -0.15) is 0 Å². The van der Waals surface area contributed by atoms with Crippen LogP contribution >= 0.6 is 181 Å². The molecule has 39 heavy (non-hydrogen) atoms. The molecule has 204 valence electrons. The second kappa shape index (κ2) is 13.9. The van der Waals surface area contributed by atoms with Crippen LogP contribution in [0, 0.1) is 28.6 Å². The zero-order valence-electron chi connectivity index (χ0n) is 19.3. The molecule has 4 rings (SSSR count). The van der Waals surface area contributed by atoms with Crippen LogP contribution in [0.15, 0.2) is 48.5 Å². The van der Waals surface area contributed by atoms with Crippen LogP contribution in [0.4, 0.5) is 0 Å². The lowest BCUT2D eigenvalue weighted by atomic mass is 9.67. The Kier molecular flexibility index (Phi) is 12.1. The molecular weight excluding hydrogens is 1400 g/mol. The molecule has 4 N–H and O–H groups in total. The van der Waals surface area contributed by atoms with Gasteiger partial charge in [0, 0.05) is 5.41 Å². The predicted molar refractivity (Wildman–Crippen MR) is 222 cm³/mol. The zero-order valence-corrected chi connectivity index (χ0v) is 36.6. The first-order chi connectivity index (χ1) is 18.2. The maximum Gasteiger partial charge on any atom is 0.142 e. The molecule has 0 atom stereocenters. The summed E-state index contributed by atoms with van der Waals surface area (Å²) in [5.41, 5.74) is 3.56. The van der Waals surface area contributed by atoms with Gasteiger partial charge in [0.15, 0.2) is 0 Å². The second-order valence-corrected chi connectivity index (χ2v) is 18.1. The summed E-state index contributed by atoms with van der Waals surface area (Å²) in [5.74, 6) is 1.06. The third-order valence-corrected chi connectivity index (χ3v) is 12.9. The average Bonchev–Trinajstić information content (AvgIpc) is 2.86. The molecule has 0 amide bonds. The SMILES string of the molecule is Oc1c(I)cc(CC(Cc2cc(I)c(O)c(I)c2)(c2cc(I)c(O)c(I)c2)c2cc(I)c(O)c(I)c2)cc1I. The zero-order chi connectivity index (χ0) is 28.8. The summed E-state index contributed by atoms with van der Waals surface area (Å²) in [5, 5.41) is 42.3. The minimum Gasteiger partial charge on any atom is -0.506 e. The molecule has 0 unspecified atom stereocenters. The first kappa shape index (κ1) is 33.8. The van der Waals surface area contributed by atoms with Crippen LogP contribution in [-0.2, 0) is 18.3 Å². The Morgan fingerprint density at radius 1 is 0.385 bits per heavy atom.